The standard InChI is InChI=1S/C16H21N3O2/c1-17-9-11-6-7-19(10-11)16(21)13-8-15(20)18-14-5-3-2-4-12(13)14/h2-5,11,13,17H,6-10H2,1H3,(H,18,20). The Labute approximate surface area is 124 Å². The number of fused-ring (bicyclic) bond motifs is 1. The highest BCUT2D eigenvalue weighted by molar-refractivity contribution is 6.01. The van der Waals surface area contributed by atoms with Gasteiger partial charge in [-0.05, 0) is 37.6 Å². The smallest absolute Gasteiger partial charge is 0.230 e. The highest BCUT2D eigenvalue weighted by Gasteiger charge is 2.35. The van der Waals surface area contributed by atoms with Gasteiger partial charge in [0, 0.05) is 25.2 Å². The molecule has 2 aliphatic rings. The molecule has 0 bridgehead atoms. The van der Waals surface area contributed by atoms with Crippen LogP contribution in [-0.4, -0.2) is 43.4 Å². The normalized spacial score (nSPS) is 24.6. The number of carbonyl (C=O) groups excluding carboxylic acids is 2. The Balaban J connectivity index is 1.78. The van der Waals surface area contributed by atoms with Crippen molar-refractivity contribution < 1.29 is 9.59 Å². The molecule has 0 spiro atoms. The van der Waals surface area contributed by atoms with Crippen molar-refractivity contribution >= 4 is 17.5 Å². The second-order valence-corrected chi connectivity index (χ2v) is 5.89. The van der Waals surface area contributed by atoms with Crippen molar-refractivity contribution in [1.29, 1.82) is 0 Å². The maximum atomic E-state index is 12.8. The fraction of sp³-hybridized carbons (Fsp3) is 0.500. The number of amides is 2. The number of hydrogen-bond donors (Lipinski definition) is 2. The molecule has 112 valence electrons. The molecule has 1 saturated heterocycles. The highest BCUT2D eigenvalue weighted by Crippen LogP contribution is 2.34. The van der Waals surface area contributed by atoms with Crippen molar-refractivity contribution in [1.82, 2.24) is 10.2 Å². The fourth-order valence-electron chi connectivity index (χ4n) is 3.34. The second-order valence-electron chi connectivity index (χ2n) is 5.89. The molecule has 5 nitrogen and oxygen atoms in total. The molecule has 0 aliphatic carbocycles. The summed E-state index contributed by atoms with van der Waals surface area (Å²) in [5.74, 6) is 0.212. The van der Waals surface area contributed by atoms with Crippen LogP contribution in [0.3, 0.4) is 0 Å². The first-order valence-electron chi connectivity index (χ1n) is 7.51. The molecule has 3 rings (SSSR count). The molecule has 21 heavy (non-hydrogen) atoms. The third-order valence-electron chi connectivity index (χ3n) is 4.39. The van der Waals surface area contributed by atoms with Gasteiger partial charge in [-0.25, -0.2) is 0 Å². The lowest BCUT2D eigenvalue weighted by Crippen LogP contribution is -2.37. The lowest BCUT2D eigenvalue weighted by atomic mass is 9.89. The summed E-state index contributed by atoms with van der Waals surface area (Å²) in [5.41, 5.74) is 1.72. The summed E-state index contributed by atoms with van der Waals surface area (Å²) < 4.78 is 0. The van der Waals surface area contributed by atoms with Gasteiger partial charge in [0.05, 0.1) is 5.92 Å². The van der Waals surface area contributed by atoms with Crippen molar-refractivity contribution in [2.45, 2.75) is 18.8 Å². The SMILES string of the molecule is CNCC1CCN(C(=O)C2CC(=O)Nc3ccccc32)C1. The predicted molar refractivity (Wildman–Crippen MR) is 81.0 cm³/mol. The van der Waals surface area contributed by atoms with E-state index >= 15 is 0 Å². The Bertz CT molecular complexity index is 558. The average Bonchev–Trinajstić information content (AvgIpc) is 2.94. The summed E-state index contributed by atoms with van der Waals surface area (Å²) in [6.07, 6.45) is 1.29. The number of nitrogens with one attached hydrogen (secondary N) is 2. The molecule has 2 aliphatic heterocycles. The first-order chi connectivity index (χ1) is 10.2. The quantitative estimate of drug-likeness (QED) is 0.877. The summed E-state index contributed by atoms with van der Waals surface area (Å²) in [6.45, 7) is 2.52. The monoisotopic (exact) mass is 287 g/mol. The van der Waals surface area contributed by atoms with Crippen LogP contribution in [0.25, 0.3) is 0 Å². The Morgan fingerprint density at radius 2 is 2.24 bits per heavy atom. The lowest BCUT2D eigenvalue weighted by molar-refractivity contribution is -0.134. The van der Waals surface area contributed by atoms with E-state index in [2.05, 4.69) is 10.6 Å². The lowest BCUT2D eigenvalue weighted by Gasteiger charge is -2.28. The first kappa shape index (κ1) is 14.1. The minimum Gasteiger partial charge on any atom is -0.342 e. The number of anilines is 1. The molecule has 0 aromatic heterocycles. The van der Waals surface area contributed by atoms with Crippen LogP contribution in [0.4, 0.5) is 5.69 Å². The summed E-state index contributed by atoms with van der Waals surface area (Å²) in [4.78, 5) is 26.5. The average molecular weight is 287 g/mol. The summed E-state index contributed by atoms with van der Waals surface area (Å²) in [5, 5.41) is 6.01. The van der Waals surface area contributed by atoms with Gasteiger partial charge in [0.1, 0.15) is 0 Å². The molecule has 1 fully saturated rings. The predicted octanol–water partition coefficient (Wildman–Crippen LogP) is 1.18. The van der Waals surface area contributed by atoms with E-state index in [9.17, 15) is 9.59 Å². The van der Waals surface area contributed by atoms with E-state index in [0.29, 0.717) is 5.92 Å². The van der Waals surface area contributed by atoms with Gasteiger partial charge in [0.25, 0.3) is 0 Å². The van der Waals surface area contributed by atoms with E-state index in [0.717, 1.165) is 37.3 Å². The van der Waals surface area contributed by atoms with Crippen LogP contribution in [0, 0.1) is 5.92 Å². The number of carbonyl (C=O) groups is 2. The summed E-state index contributed by atoms with van der Waals surface area (Å²) in [6, 6.07) is 7.61. The number of rotatable bonds is 3. The van der Waals surface area contributed by atoms with E-state index in [-0.39, 0.29) is 24.2 Å². The minimum atomic E-state index is -0.330. The molecule has 5 heteroatoms. The van der Waals surface area contributed by atoms with Crippen LogP contribution < -0.4 is 10.6 Å². The number of hydrogen-bond acceptors (Lipinski definition) is 3. The van der Waals surface area contributed by atoms with Crippen LogP contribution in [-0.2, 0) is 9.59 Å². The van der Waals surface area contributed by atoms with Crippen LogP contribution in [0.2, 0.25) is 0 Å². The summed E-state index contributed by atoms with van der Waals surface area (Å²) in [7, 11) is 1.94. The van der Waals surface area contributed by atoms with Gasteiger partial charge in [0.15, 0.2) is 0 Å². The molecule has 2 N–H and O–H groups in total. The van der Waals surface area contributed by atoms with E-state index < -0.39 is 0 Å². The summed E-state index contributed by atoms with van der Waals surface area (Å²) >= 11 is 0. The van der Waals surface area contributed by atoms with Crippen molar-refractivity contribution in [2.75, 3.05) is 32.0 Å². The third kappa shape index (κ3) is 2.78. The molecule has 2 heterocycles. The molecule has 2 amide bonds. The van der Waals surface area contributed by atoms with Gasteiger partial charge >= 0.3 is 0 Å². The maximum absolute atomic E-state index is 12.8. The van der Waals surface area contributed by atoms with Gasteiger partial charge < -0.3 is 15.5 Å². The highest BCUT2D eigenvalue weighted by atomic mass is 16.2. The van der Waals surface area contributed by atoms with Gasteiger partial charge in [-0.3, -0.25) is 9.59 Å². The fourth-order valence-corrected chi connectivity index (χ4v) is 3.34. The van der Waals surface area contributed by atoms with Gasteiger partial charge in [0.2, 0.25) is 11.8 Å². The number of likely N-dealkylation sites (tertiary alicyclic amines) is 1. The van der Waals surface area contributed by atoms with Gasteiger partial charge in [-0.15, -0.1) is 0 Å². The number of benzene rings is 1. The van der Waals surface area contributed by atoms with Crippen molar-refractivity contribution in [3.05, 3.63) is 29.8 Å². The van der Waals surface area contributed by atoms with Gasteiger partial charge in [-0.1, -0.05) is 18.2 Å². The van der Waals surface area contributed by atoms with E-state index in [1.807, 2.05) is 36.2 Å². The Morgan fingerprint density at radius 1 is 1.43 bits per heavy atom. The zero-order chi connectivity index (χ0) is 14.8. The molecule has 2 unspecified atom stereocenters. The van der Waals surface area contributed by atoms with Crippen molar-refractivity contribution in [2.24, 2.45) is 5.92 Å². The maximum Gasteiger partial charge on any atom is 0.230 e. The van der Waals surface area contributed by atoms with E-state index in [4.69, 9.17) is 0 Å². The van der Waals surface area contributed by atoms with Crippen molar-refractivity contribution in [3.63, 3.8) is 0 Å². The van der Waals surface area contributed by atoms with Crippen molar-refractivity contribution in [3.8, 4) is 0 Å². The minimum absolute atomic E-state index is 0.0713. The van der Waals surface area contributed by atoms with Crippen LogP contribution in [0.5, 0.6) is 0 Å². The van der Waals surface area contributed by atoms with E-state index in [1.165, 1.54) is 0 Å². The van der Waals surface area contributed by atoms with Gasteiger partial charge in [-0.2, -0.15) is 0 Å². The molecule has 1 aromatic rings. The second kappa shape index (κ2) is 5.85. The first-order valence-corrected chi connectivity index (χ1v) is 7.51. The molecule has 1 aromatic carbocycles. The molecule has 0 radical (unpaired) electrons. The Morgan fingerprint density at radius 3 is 3.05 bits per heavy atom. The van der Waals surface area contributed by atoms with Crippen LogP contribution >= 0.6 is 0 Å². The topological polar surface area (TPSA) is 61.4 Å². The van der Waals surface area contributed by atoms with Crippen LogP contribution in [0.15, 0.2) is 24.3 Å². The number of nitrogens with zero attached hydrogens (tertiary/aromatic N) is 1. The molecule has 2 atom stereocenters. The Kier molecular flexibility index (Phi) is 3.92. The zero-order valence-corrected chi connectivity index (χ0v) is 12.3. The largest absolute Gasteiger partial charge is 0.342 e. The molecular formula is C16H21N3O2. The molecular weight excluding hydrogens is 266 g/mol. The van der Waals surface area contributed by atoms with Crippen LogP contribution in [0.1, 0.15) is 24.3 Å². The van der Waals surface area contributed by atoms with E-state index in [1.54, 1.807) is 0 Å². The molecule has 0 saturated carbocycles. The number of para-hydroxylation sites is 1. The Hall–Kier alpha value is -1.88. The zero-order valence-electron chi connectivity index (χ0n) is 12.3. The third-order valence-corrected chi connectivity index (χ3v) is 4.39.